The van der Waals surface area contributed by atoms with Gasteiger partial charge in [0.05, 0.1) is 17.8 Å². The maximum Gasteiger partial charge on any atom is 0.231 e. The fraction of sp³-hybridized carbons (Fsp3) is 0.176. The minimum Gasteiger partial charge on any atom is -0.411 e. The van der Waals surface area contributed by atoms with Gasteiger partial charge >= 0.3 is 0 Å². The van der Waals surface area contributed by atoms with Crippen molar-refractivity contribution in [1.29, 1.82) is 0 Å². The van der Waals surface area contributed by atoms with Gasteiger partial charge < -0.3 is 10.1 Å². The lowest BCUT2D eigenvalue weighted by molar-refractivity contribution is -0.118. The number of oxime groups is 1. The molecule has 112 valence electrons. The molecule has 1 aliphatic rings. The van der Waals surface area contributed by atoms with Gasteiger partial charge in [-0.3, -0.25) is 4.79 Å². The smallest absolute Gasteiger partial charge is 0.231 e. The summed E-state index contributed by atoms with van der Waals surface area (Å²) in [5.74, 6) is 0.0202. The first-order valence-electron chi connectivity index (χ1n) is 7.04. The molecule has 0 spiro atoms. The van der Waals surface area contributed by atoms with Gasteiger partial charge in [-0.15, -0.1) is 0 Å². The van der Waals surface area contributed by atoms with Crippen LogP contribution in [-0.4, -0.2) is 23.4 Å². The molecule has 1 N–H and O–H groups in total. The zero-order valence-electron chi connectivity index (χ0n) is 11.9. The number of rotatable bonds is 2. The highest BCUT2D eigenvalue weighted by molar-refractivity contribution is 6.31. The summed E-state index contributed by atoms with van der Waals surface area (Å²) >= 11 is 6.02. The summed E-state index contributed by atoms with van der Waals surface area (Å²) in [6, 6.07) is 14.9. The molecule has 2 aromatic rings. The van der Waals surface area contributed by atoms with Crippen LogP contribution in [0.2, 0.25) is 5.02 Å². The topological polar surface area (TPSA) is 52.9 Å². The Bertz CT molecular complexity index is 729. The molecule has 1 heterocycles. The Morgan fingerprint density at radius 3 is 2.73 bits per heavy atom. The first-order chi connectivity index (χ1) is 10.7. The van der Waals surface area contributed by atoms with Crippen molar-refractivity contribution in [3.8, 4) is 0 Å². The van der Waals surface area contributed by atoms with Crippen LogP contribution in [0.25, 0.3) is 0 Å². The number of carbonyl (C=O) groups is 1. The van der Waals surface area contributed by atoms with E-state index < -0.39 is 0 Å². The molecule has 0 atom stereocenters. The largest absolute Gasteiger partial charge is 0.411 e. The van der Waals surface area contributed by atoms with Crippen molar-refractivity contribution in [1.82, 2.24) is 0 Å². The SMILES string of the molecule is O=C(Cc1ccccc1)N1CCC(=NO)c2cc(Cl)ccc21. The van der Waals surface area contributed by atoms with E-state index in [0.29, 0.717) is 35.7 Å². The van der Waals surface area contributed by atoms with Gasteiger partial charge in [0.2, 0.25) is 5.91 Å². The average molecular weight is 315 g/mol. The van der Waals surface area contributed by atoms with Crippen LogP contribution in [-0.2, 0) is 11.2 Å². The third-order valence-corrected chi connectivity index (χ3v) is 3.99. The van der Waals surface area contributed by atoms with Crippen molar-refractivity contribution in [2.45, 2.75) is 12.8 Å². The van der Waals surface area contributed by atoms with E-state index in [9.17, 15) is 4.79 Å². The van der Waals surface area contributed by atoms with Crippen LogP contribution in [0, 0.1) is 0 Å². The highest BCUT2D eigenvalue weighted by Gasteiger charge is 2.26. The highest BCUT2D eigenvalue weighted by atomic mass is 35.5. The number of nitrogens with zero attached hydrogens (tertiary/aromatic N) is 2. The van der Waals surface area contributed by atoms with Gasteiger partial charge in [-0.1, -0.05) is 47.1 Å². The van der Waals surface area contributed by atoms with Gasteiger partial charge in [0.15, 0.2) is 0 Å². The number of hydrogen-bond donors (Lipinski definition) is 1. The van der Waals surface area contributed by atoms with Crippen LogP contribution in [0.4, 0.5) is 5.69 Å². The predicted molar refractivity (Wildman–Crippen MR) is 86.9 cm³/mol. The molecule has 0 saturated carbocycles. The number of benzene rings is 2. The number of amides is 1. The van der Waals surface area contributed by atoms with E-state index in [4.69, 9.17) is 16.8 Å². The van der Waals surface area contributed by atoms with Crippen molar-refractivity contribution in [2.24, 2.45) is 5.16 Å². The van der Waals surface area contributed by atoms with Gasteiger partial charge in [0, 0.05) is 23.6 Å². The Labute approximate surface area is 133 Å². The van der Waals surface area contributed by atoms with Crippen molar-refractivity contribution < 1.29 is 10.0 Å². The summed E-state index contributed by atoms with van der Waals surface area (Å²) in [5, 5.41) is 13.0. The van der Waals surface area contributed by atoms with E-state index in [0.717, 1.165) is 11.3 Å². The van der Waals surface area contributed by atoms with Crippen LogP contribution < -0.4 is 4.90 Å². The quantitative estimate of drug-likeness (QED) is 0.681. The molecule has 0 radical (unpaired) electrons. The molecule has 0 bridgehead atoms. The van der Waals surface area contributed by atoms with Crippen molar-refractivity contribution in [2.75, 3.05) is 11.4 Å². The van der Waals surface area contributed by atoms with Gasteiger partial charge in [0.1, 0.15) is 0 Å². The van der Waals surface area contributed by atoms with Crippen LogP contribution in [0.5, 0.6) is 0 Å². The molecule has 0 unspecified atom stereocenters. The van der Waals surface area contributed by atoms with Crippen molar-refractivity contribution >= 4 is 28.9 Å². The molecule has 3 rings (SSSR count). The maximum absolute atomic E-state index is 12.6. The third-order valence-electron chi connectivity index (χ3n) is 3.75. The van der Waals surface area contributed by atoms with Gasteiger partial charge in [0.25, 0.3) is 0 Å². The summed E-state index contributed by atoms with van der Waals surface area (Å²) < 4.78 is 0. The van der Waals surface area contributed by atoms with E-state index in [-0.39, 0.29) is 5.91 Å². The zero-order chi connectivity index (χ0) is 15.5. The van der Waals surface area contributed by atoms with E-state index in [1.54, 1.807) is 23.1 Å². The Morgan fingerprint density at radius 1 is 1.23 bits per heavy atom. The molecule has 0 aromatic heterocycles. The van der Waals surface area contributed by atoms with Gasteiger partial charge in [-0.25, -0.2) is 0 Å². The maximum atomic E-state index is 12.6. The number of fused-ring (bicyclic) bond motifs is 1. The average Bonchev–Trinajstić information content (AvgIpc) is 2.54. The molecule has 4 nitrogen and oxygen atoms in total. The normalized spacial score (nSPS) is 15.7. The minimum absolute atomic E-state index is 0.0202. The molecule has 1 aliphatic heterocycles. The molecule has 2 aromatic carbocycles. The molecule has 1 amide bonds. The molecule has 5 heteroatoms. The summed E-state index contributed by atoms with van der Waals surface area (Å²) in [4.78, 5) is 14.3. The number of halogens is 1. The van der Waals surface area contributed by atoms with Crippen LogP contribution in [0.15, 0.2) is 53.7 Å². The Balaban J connectivity index is 1.91. The standard InChI is InChI=1S/C17H15ClN2O2/c18-13-6-7-16-14(11-13)15(19-22)8-9-20(16)17(21)10-12-4-2-1-3-5-12/h1-7,11,22H,8-10H2. The molecular weight excluding hydrogens is 300 g/mol. The summed E-state index contributed by atoms with van der Waals surface area (Å²) in [6.45, 7) is 0.500. The Kier molecular flexibility index (Phi) is 4.11. The van der Waals surface area contributed by atoms with E-state index in [2.05, 4.69) is 5.16 Å². The predicted octanol–water partition coefficient (Wildman–Crippen LogP) is 3.50. The Morgan fingerprint density at radius 2 is 2.00 bits per heavy atom. The van der Waals surface area contributed by atoms with E-state index in [1.165, 1.54) is 0 Å². The zero-order valence-corrected chi connectivity index (χ0v) is 12.6. The van der Waals surface area contributed by atoms with Gasteiger partial charge in [-0.05, 0) is 23.8 Å². The highest BCUT2D eigenvalue weighted by Crippen LogP contribution is 2.30. The van der Waals surface area contributed by atoms with Crippen molar-refractivity contribution in [3.63, 3.8) is 0 Å². The number of carbonyl (C=O) groups excluding carboxylic acids is 1. The second-order valence-corrected chi connectivity index (χ2v) is 5.60. The lowest BCUT2D eigenvalue weighted by Crippen LogP contribution is -2.38. The molecule has 0 saturated heterocycles. The lowest BCUT2D eigenvalue weighted by atomic mass is 9.98. The molecule has 0 fully saturated rings. The van der Waals surface area contributed by atoms with E-state index >= 15 is 0 Å². The monoisotopic (exact) mass is 314 g/mol. The molecular formula is C17H15ClN2O2. The summed E-state index contributed by atoms with van der Waals surface area (Å²) in [7, 11) is 0. The lowest BCUT2D eigenvalue weighted by Gasteiger charge is -2.30. The third kappa shape index (κ3) is 2.83. The number of anilines is 1. The first-order valence-corrected chi connectivity index (χ1v) is 7.42. The Hall–Kier alpha value is -2.33. The van der Waals surface area contributed by atoms with Crippen LogP contribution in [0.1, 0.15) is 17.5 Å². The van der Waals surface area contributed by atoms with Crippen LogP contribution in [0.3, 0.4) is 0 Å². The summed E-state index contributed by atoms with van der Waals surface area (Å²) in [6.07, 6.45) is 0.846. The van der Waals surface area contributed by atoms with E-state index in [1.807, 2.05) is 30.3 Å². The van der Waals surface area contributed by atoms with Crippen LogP contribution >= 0.6 is 11.6 Å². The van der Waals surface area contributed by atoms with Gasteiger partial charge in [-0.2, -0.15) is 0 Å². The fourth-order valence-electron chi connectivity index (χ4n) is 2.68. The summed E-state index contributed by atoms with van der Waals surface area (Å²) in [5.41, 5.74) is 2.98. The fourth-order valence-corrected chi connectivity index (χ4v) is 2.85. The first kappa shape index (κ1) is 14.6. The second kappa shape index (κ2) is 6.20. The van der Waals surface area contributed by atoms with Crippen molar-refractivity contribution in [3.05, 3.63) is 64.7 Å². The molecule has 0 aliphatic carbocycles. The minimum atomic E-state index is 0.0202. The molecule has 22 heavy (non-hydrogen) atoms. The number of hydrogen-bond acceptors (Lipinski definition) is 3. The second-order valence-electron chi connectivity index (χ2n) is 5.17.